The Kier molecular flexibility index (Phi) is 2.80. The third-order valence-electron chi connectivity index (χ3n) is 3.16. The van der Waals surface area contributed by atoms with E-state index in [1.54, 1.807) is 0 Å². The number of hydrogen-bond acceptors (Lipinski definition) is 3. The van der Waals surface area contributed by atoms with Gasteiger partial charge in [0.05, 0.1) is 11.4 Å². The Morgan fingerprint density at radius 2 is 2.47 bits per heavy atom. The van der Waals surface area contributed by atoms with Crippen LogP contribution in [0.5, 0.6) is 0 Å². The van der Waals surface area contributed by atoms with Gasteiger partial charge >= 0.3 is 0 Å². The summed E-state index contributed by atoms with van der Waals surface area (Å²) in [5.41, 5.74) is 2.59. The molecule has 4 heteroatoms. The van der Waals surface area contributed by atoms with Crippen molar-refractivity contribution in [2.45, 2.75) is 32.4 Å². The Morgan fingerprint density at radius 3 is 3.00 bits per heavy atom. The number of aryl methyl sites for hydroxylation is 2. The summed E-state index contributed by atoms with van der Waals surface area (Å²) in [4.78, 5) is 0. The van der Waals surface area contributed by atoms with Crippen molar-refractivity contribution in [1.29, 1.82) is 0 Å². The number of rotatable bonds is 3. The summed E-state index contributed by atoms with van der Waals surface area (Å²) in [7, 11) is 2.00. The van der Waals surface area contributed by atoms with Crippen molar-refractivity contribution in [1.82, 2.24) is 20.4 Å². The third kappa shape index (κ3) is 2.38. The van der Waals surface area contributed by atoms with Crippen LogP contribution in [0, 0.1) is 6.92 Å². The Morgan fingerprint density at radius 1 is 1.67 bits per heavy atom. The first-order chi connectivity index (χ1) is 7.09. The number of hydrogen-bond donors (Lipinski definition) is 2. The number of nitrogens with zero attached hydrogens (tertiary/aromatic N) is 2. The highest BCUT2D eigenvalue weighted by atomic mass is 15.3. The molecule has 1 atom stereocenters. The topological polar surface area (TPSA) is 41.9 Å². The van der Waals surface area contributed by atoms with Crippen LogP contribution < -0.4 is 10.6 Å². The minimum absolute atomic E-state index is 0.248. The van der Waals surface area contributed by atoms with Gasteiger partial charge in [0, 0.05) is 25.7 Å². The second-order valence-electron chi connectivity index (χ2n) is 4.74. The van der Waals surface area contributed by atoms with Crippen LogP contribution in [0.2, 0.25) is 0 Å². The van der Waals surface area contributed by atoms with Crippen molar-refractivity contribution in [2.24, 2.45) is 7.05 Å². The predicted molar refractivity (Wildman–Crippen MR) is 60.7 cm³/mol. The molecule has 1 saturated heterocycles. The van der Waals surface area contributed by atoms with Gasteiger partial charge in [-0.05, 0) is 32.9 Å². The van der Waals surface area contributed by atoms with Crippen molar-refractivity contribution >= 4 is 0 Å². The van der Waals surface area contributed by atoms with E-state index in [0.29, 0.717) is 0 Å². The Hall–Kier alpha value is -0.870. The molecule has 1 unspecified atom stereocenters. The molecular weight excluding hydrogens is 188 g/mol. The van der Waals surface area contributed by atoms with Gasteiger partial charge in [0.2, 0.25) is 0 Å². The molecule has 0 saturated carbocycles. The lowest BCUT2D eigenvalue weighted by atomic mass is 10.0. The van der Waals surface area contributed by atoms with Crippen LogP contribution in [-0.4, -0.2) is 28.4 Å². The van der Waals surface area contributed by atoms with Gasteiger partial charge in [0.15, 0.2) is 0 Å². The molecule has 15 heavy (non-hydrogen) atoms. The Labute approximate surface area is 91.1 Å². The molecule has 0 amide bonds. The molecule has 0 bridgehead atoms. The van der Waals surface area contributed by atoms with Crippen LogP contribution in [0.15, 0.2) is 6.07 Å². The summed E-state index contributed by atoms with van der Waals surface area (Å²) in [6.45, 7) is 7.38. The van der Waals surface area contributed by atoms with E-state index in [0.717, 1.165) is 25.3 Å². The molecule has 0 aliphatic carbocycles. The zero-order chi connectivity index (χ0) is 10.9. The standard InChI is InChI=1S/C11H20N4/c1-9-6-10(15(3)14-9)7-13-11(2)4-5-12-8-11/h6,12-13H,4-5,7-8H2,1-3H3. The molecule has 1 aliphatic heterocycles. The van der Waals surface area contributed by atoms with E-state index in [1.807, 2.05) is 18.7 Å². The fraction of sp³-hybridized carbons (Fsp3) is 0.727. The minimum atomic E-state index is 0.248. The first kappa shape index (κ1) is 10.6. The summed E-state index contributed by atoms with van der Waals surface area (Å²) < 4.78 is 1.95. The average molecular weight is 208 g/mol. The van der Waals surface area contributed by atoms with E-state index in [4.69, 9.17) is 0 Å². The highest BCUT2D eigenvalue weighted by molar-refractivity contribution is 5.09. The van der Waals surface area contributed by atoms with Gasteiger partial charge in [-0.2, -0.15) is 5.10 Å². The van der Waals surface area contributed by atoms with Crippen molar-refractivity contribution < 1.29 is 0 Å². The monoisotopic (exact) mass is 208 g/mol. The molecule has 1 fully saturated rings. The van der Waals surface area contributed by atoms with Gasteiger partial charge in [-0.15, -0.1) is 0 Å². The molecule has 2 rings (SSSR count). The van der Waals surface area contributed by atoms with Gasteiger partial charge in [0.25, 0.3) is 0 Å². The van der Waals surface area contributed by atoms with Crippen molar-refractivity contribution in [3.05, 3.63) is 17.5 Å². The maximum atomic E-state index is 4.34. The SMILES string of the molecule is Cc1cc(CNC2(C)CCNC2)n(C)n1. The van der Waals surface area contributed by atoms with E-state index in [2.05, 4.69) is 28.7 Å². The second kappa shape index (κ2) is 3.94. The summed E-state index contributed by atoms with van der Waals surface area (Å²) in [5, 5.41) is 11.3. The largest absolute Gasteiger partial charge is 0.315 e. The Balaban J connectivity index is 1.95. The van der Waals surface area contributed by atoms with Gasteiger partial charge in [-0.3, -0.25) is 4.68 Å². The molecule has 0 spiro atoms. The maximum Gasteiger partial charge on any atom is 0.0597 e. The summed E-state index contributed by atoms with van der Waals surface area (Å²) >= 11 is 0. The molecule has 2 heterocycles. The molecule has 4 nitrogen and oxygen atoms in total. The lowest BCUT2D eigenvalue weighted by molar-refractivity contribution is 0.379. The number of aromatic nitrogens is 2. The molecule has 1 aromatic rings. The normalized spacial score (nSPS) is 26.1. The van der Waals surface area contributed by atoms with E-state index in [-0.39, 0.29) is 5.54 Å². The van der Waals surface area contributed by atoms with E-state index in [9.17, 15) is 0 Å². The quantitative estimate of drug-likeness (QED) is 0.763. The first-order valence-corrected chi connectivity index (χ1v) is 5.54. The average Bonchev–Trinajstić information content (AvgIpc) is 2.71. The minimum Gasteiger partial charge on any atom is -0.315 e. The maximum absolute atomic E-state index is 4.34. The smallest absolute Gasteiger partial charge is 0.0597 e. The molecule has 84 valence electrons. The van der Waals surface area contributed by atoms with Crippen molar-refractivity contribution in [3.8, 4) is 0 Å². The van der Waals surface area contributed by atoms with Gasteiger partial charge in [-0.25, -0.2) is 0 Å². The fourth-order valence-corrected chi connectivity index (χ4v) is 2.10. The highest BCUT2D eigenvalue weighted by Crippen LogP contribution is 2.14. The Bertz CT molecular complexity index is 336. The van der Waals surface area contributed by atoms with Gasteiger partial charge in [-0.1, -0.05) is 0 Å². The first-order valence-electron chi connectivity index (χ1n) is 5.54. The number of nitrogens with one attached hydrogen (secondary N) is 2. The molecule has 0 aromatic carbocycles. The summed E-state index contributed by atoms with van der Waals surface area (Å²) in [6.07, 6.45) is 1.20. The van der Waals surface area contributed by atoms with E-state index >= 15 is 0 Å². The highest BCUT2D eigenvalue weighted by Gasteiger charge is 2.27. The fourth-order valence-electron chi connectivity index (χ4n) is 2.10. The van der Waals surface area contributed by atoms with Crippen LogP contribution in [-0.2, 0) is 13.6 Å². The van der Waals surface area contributed by atoms with Crippen LogP contribution in [0.4, 0.5) is 0 Å². The van der Waals surface area contributed by atoms with E-state index in [1.165, 1.54) is 12.1 Å². The lowest BCUT2D eigenvalue weighted by Gasteiger charge is -2.24. The molecule has 1 aromatic heterocycles. The van der Waals surface area contributed by atoms with Crippen LogP contribution in [0.1, 0.15) is 24.7 Å². The van der Waals surface area contributed by atoms with Gasteiger partial charge < -0.3 is 10.6 Å². The predicted octanol–water partition coefficient (Wildman–Crippen LogP) is 0.570. The van der Waals surface area contributed by atoms with Crippen LogP contribution in [0.25, 0.3) is 0 Å². The third-order valence-corrected chi connectivity index (χ3v) is 3.16. The second-order valence-corrected chi connectivity index (χ2v) is 4.74. The molecular formula is C11H20N4. The molecule has 0 radical (unpaired) electrons. The van der Waals surface area contributed by atoms with Crippen molar-refractivity contribution in [2.75, 3.05) is 13.1 Å². The van der Waals surface area contributed by atoms with Crippen molar-refractivity contribution in [3.63, 3.8) is 0 Å². The summed E-state index contributed by atoms with van der Waals surface area (Å²) in [6, 6.07) is 2.14. The van der Waals surface area contributed by atoms with Crippen LogP contribution >= 0.6 is 0 Å². The zero-order valence-electron chi connectivity index (χ0n) is 9.80. The lowest BCUT2D eigenvalue weighted by Crippen LogP contribution is -2.43. The molecule has 1 aliphatic rings. The van der Waals surface area contributed by atoms with Gasteiger partial charge in [0.1, 0.15) is 0 Å². The van der Waals surface area contributed by atoms with Crippen LogP contribution in [0.3, 0.4) is 0 Å². The van der Waals surface area contributed by atoms with E-state index < -0.39 is 0 Å². The zero-order valence-corrected chi connectivity index (χ0v) is 9.80. The molecule has 2 N–H and O–H groups in total. The summed E-state index contributed by atoms with van der Waals surface area (Å²) in [5.74, 6) is 0.